The Hall–Kier alpha value is -1.29. The van der Waals surface area contributed by atoms with Crippen molar-refractivity contribution in [3.05, 3.63) is 53.2 Å². The van der Waals surface area contributed by atoms with E-state index >= 15 is 0 Å². The molecule has 0 aliphatic carbocycles. The quantitative estimate of drug-likeness (QED) is 0.526. The molecule has 0 saturated heterocycles. The Morgan fingerprint density at radius 2 is 1.50 bits per heavy atom. The summed E-state index contributed by atoms with van der Waals surface area (Å²) < 4.78 is 37.0. The number of alkyl halides is 3. The Morgan fingerprint density at radius 3 is 1.94 bits per heavy atom. The van der Waals surface area contributed by atoms with Crippen LogP contribution in [0.15, 0.2) is 42.1 Å². The summed E-state index contributed by atoms with van der Waals surface area (Å²) in [4.78, 5) is 0. The molecular weight excluding hydrogens is 253 g/mol. The summed E-state index contributed by atoms with van der Waals surface area (Å²) >= 11 is 0. The molecule has 0 spiro atoms. The number of hydrogen-bond donors (Lipinski definition) is 0. The highest BCUT2D eigenvalue weighted by molar-refractivity contribution is 6.81. The largest absolute Gasteiger partial charge is 0.416 e. The van der Waals surface area contributed by atoms with Crippen molar-refractivity contribution in [2.24, 2.45) is 0 Å². The van der Waals surface area contributed by atoms with Crippen molar-refractivity contribution < 1.29 is 13.2 Å². The monoisotopic (exact) mass is 270 g/mol. The third kappa shape index (κ3) is 5.36. The molecular formula is C14H17F3Si. The van der Waals surface area contributed by atoms with Crippen molar-refractivity contribution >= 4 is 14.1 Å². The SMILES string of the molecule is C[Si](C)(C)/C=C/C=C/c1ccc(C(F)(F)F)cc1. The van der Waals surface area contributed by atoms with Gasteiger partial charge in [0.05, 0.1) is 13.6 Å². The van der Waals surface area contributed by atoms with Crippen molar-refractivity contribution in [1.82, 2.24) is 0 Å². The van der Waals surface area contributed by atoms with E-state index in [0.717, 1.165) is 17.7 Å². The Morgan fingerprint density at radius 1 is 0.944 bits per heavy atom. The van der Waals surface area contributed by atoms with Crippen LogP contribution in [0.4, 0.5) is 13.2 Å². The van der Waals surface area contributed by atoms with Gasteiger partial charge in [0.1, 0.15) is 0 Å². The molecule has 0 N–H and O–H groups in total. The van der Waals surface area contributed by atoms with E-state index in [-0.39, 0.29) is 0 Å². The van der Waals surface area contributed by atoms with Gasteiger partial charge < -0.3 is 0 Å². The van der Waals surface area contributed by atoms with Crippen LogP contribution < -0.4 is 0 Å². The molecule has 1 aromatic carbocycles. The van der Waals surface area contributed by atoms with E-state index in [0.29, 0.717) is 0 Å². The zero-order chi connectivity index (χ0) is 13.8. The number of halogens is 3. The molecule has 98 valence electrons. The van der Waals surface area contributed by atoms with Crippen LogP contribution in [-0.4, -0.2) is 8.07 Å². The molecule has 0 fully saturated rings. The van der Waals surface area contributed by atoms with E-state index in [9.17, 15) is 13.2 Å². The Labute approximate surface area is 107 Å². The molecule has 18 heavy (non-hydrogen) atoms. The summed E-state index contributed by atoms with van der Waals surface area (Å²) in [6.45, 7) is 6.65. The maximum Gasteiger partial charge on any atom is 0.416 e. The molecule has 0 nitrogen and oxygen atoms in total. The predicted octanol–water partition coefficient (Wildman–Crippen LogP) is 5.15. The fourth-order valence-corrected chi connectivity index (χ4v) is 1.98. The Bertz CT molecular complexity index is 434. The number of hydrogen-bond acceptors (Lipinski definition) is 0. The van der Waals surface area contributed by atoms with E-state index in [1.807, 2.05) is 12.2 Å². The lowest BCUT2D eigenvalue weighted by atomic mass is 10.1. The zero-order valence-electron chi connectivity index (χ0n) is 10.8. The average molecular weight is 270 g/mol. The second-order valence-corrected chi connectivity index (χ2v) is 10.3. The molecule has 0 amide bonds. The second kappa shape index (κ2) is 5.57. The third-order valence-corrected chi connectivity index (χ3v) is 3.43. The normalized spacial score (nSPS) is 13.7. The van der Waals surface area contributed by atoms with Crippen molar-refractivity contribution in [3.63, 3.8) is 0 Å². The lowest BCUT2D eigenvalue weighted by Crippen LogP contribution is -2.14. The fourth-order valence-electron chi connectivity index (χ4n) is 1.29. The summed E-state index contributed by atoms with van der Waals surface area (Å²) in [7, 11) is -1.21. The van der Waals surface area contributed by atoms with Crippen LogP contribution >= 0.6 is 0 Å². The van der Waals surface area contributed by atoms with E-state index in [1.165, 1.54) is 12.1 Å². The van der Waals surface area contributed by atoms with Crippen molar-refractivity contribution in [2.75, 3.05) is 0 Å². The van der Waals surface area contributed by atoms with E-state index < -0.39 is 19.8 Å². The summed E-state index contributed by atoms with van der Waals surface area (Å²) in [5.74, 6) is 0. The molecule has 0 aromatic heterocycles. The first-order valence-corrected chi connectivity index (χ1v) is 9.29. The van der Waals surface area contributed by atoms with Crippen LogP contribution in [0.5, 0.6) is 0 Å². The summed E-state index contributed by atoms with van der Waals surface area (Å²) in [6.07, 6.45) is 1.36. The predicted molar refractivity (Wildman–Crippen MR) is 73.0 cm³/mol. The van der Waals surface area contributed by atoms with Crippen LogP contribution in [-0.2, 0) is 6.18 Å². The highest BCUT2D eigenvalue weighted by Crippen LogP contribution is 2.29. The minimum absolute atomic E-state index is 0.614. The molecule has 0 saturated carbocycles. The number of rotatable bonds is 3. The molecule has 0 unspecified atom stereocenters. The Kier molecular flexibility index (Phi) is 4.57. The summed E-state index contributed by atoms with van der Waals surface area (Å²) in [6, 6.07) is 5.15. The van der Waals surface area contributed by atoms with Gasteiger partial charge in [-0.2, -0.15) is 13.2 Å². The minimum atomic E-state index is -4.26. The first-order chi connectivity index (χ1) is 8.18. The van der Waals surface area contributed by atoms with Crippen LogP contribution in [0.3, 0.4) is 0 Å². The zero-order valence-corrected chi connectivity index (χ0v) is 11.8. The van der Waals surface area contributed by atoms with Crippen LogP contribution in [0.25, 0.3) is 6.08 Å². The highest BCUT2D eigenvalue weighted by Gasteiger charge is 2.29. The van der Waals surface area contributed by atoms with Gasteiger partial charge in [-0.25, -0.2) is 0 Å². The second-order valence-electron chi connectivity index (χ2n) is 5.20. The van der Waals surface area contributed by atoms with Crippen molar-refractivity contribution in [1.29, 1.82) is 0 Å². The number of benzene rings is 1. The van der Waals surface area contributed by atoms with E-state index in [1.54, 1.807) is 6.08 Å². The molecule has 1 rings (SSSR count). The van der Waals surface area contributed by atoms with Crippen LogP contribution in [0, 0.1) is 0 Å². The van der Waals surface area contributed by atoms with Crippen molar-refractivity contribution in [2.45, 2.75) is 25.8 Å². The molecule has 0 aliphatic rings. The van der Waals surface area contributed by atoms with Gasteiger partial charge in [0, 0.05) is 0 Å². The van der Waals surface area contributed by atoms with Crippen LogP contribution in [0.2, 0.25) is 19.6 Å². The molecule has 4 heteroatoms. The third-order valence-electron chi connectivity index (χ3n) is 2.23. The van der Waals surface area contributed by atoms with Gasteiger partial charge in [0.15, 0.2) is 0 Å². The smallest absolute Gasteiger partial charge is 0.166 e. The van der Waals surface area contributed by atoms with Crippen LogP contribution in [0.1, 0.15) is 11.1 Å². The van der Waals surface area contributed by atoms with Gasteiger partial charge in [-0.05, 0) is 17.7 Å². The fraction of sp³-hybridized carbons (Fsp3) is 0.286. The van der Waals surface area contributed by atoms with Crippen molar-refractivity contribution in [3.8, 4) is 0 Å². The molecule has 0 heterocycles. The van der Waals surface area contributed by atoms with E-state index in [2.05, 4.69) is 25.3 Å². The maximum atomic E-state index is 12.3. The lowest BCUT2D eigenvalue weighted by molar-refractivity contribution is -0.137. The topological polar surface area (TPSA) is 0 Å². The molecule has 0 atom stereocenters. The lowest BCUT2D eigenvalue weighted by Gasteiger charge is -2.07. The summed E-state index contributed by atoms with van der Waals surface area (Å²) in [5.41, 5.74) is 2.33. The van der Waals surface area contributed by atoms with Gasteiger partial charge in [-0.15, -0.1) is 0 Å². The molecule has 1 aromatic rings. The first-order valence-electron chi connectivity index (χ1n) is 5.72. The van der Waals surface area contributed by atoms with Gasteiger partial charge >= 0.3 is 6.18 Å². The Balaban J connectivity index is 2.70. The molecule has 0 aliphatic heterocycles. The number of allylic oxidation sites excluding steroid dienone is 2. The van der Waals surface area contributed by atoms with Gasteiger partial charge in [-0.1, -0.05) is 55.7 Å². The van der Waals surface area contributed by atoms with Gasteiger partial charge in [0.25, 0.3) is 0 Å². The molecule has 0 bridgehead atoms. The first kappa shape index (κ1) is 14.8. The standard InChI is InChI=1S/C14H17F3Si/c1-18(2,3)11-5-4-6-12-7-9-13(10-8-12)14(15,16)17/h4-11H,1-3H3/b6-4+,11-5+. The minimum Gasteiger partial charge on any atom is -0.166 e. The van der Waals surface area contributed by atoms with Gasteiger partial charge in [0.2, 0.25) is 0 Å². The highest BCUT2D eigenvalue weighted by atomic mass is 28.3. The molecule has 0 radical (unpaired) electrons. The van der Waals surface area contributed by atoms with Gasteiger partial charge in [-0.3, -0.25) is 0 Å². The summed E-state index contributed by atoms with van der Waals surface area (Å²) in [5, 5.41) is 0. The average Bonchev–Trinajstić information content (AvgIpc) is 2.22. The maximum absolute atomic E-state index is 12.3. The van der Waals surface area contributed by atoms with E-state index in [4.69, 9.17) is 0 Å².